The lowest BCUT2D eigenvalue weighted by Gasteiger charge is -2.15. The van der Waals surface area contributed by atoms with Gasteiger partial charge in [0.15, 0.2) is 0 Å². The van der Waals surface area contributed by atoms with E-state index in [2.05, 4.69) is 10.6 Å². The van der Waals surface area contributed by atoms with E-state index in [9.17, 15) is 4.79 Å². The summed E-state index contributed by atoms with van der Waals surface area (Å²) >= 11 is 6.08. The highest BCUT2D eigenvalue weighted by molar-refractivity contribution is 6.31. The molecule has 0 aliphatic heterocycles. The maximum atomic E-state index is 11.6. The van der Waals surface area contributed by atoms with Crippen LogP contribution < -0.4 is 10.6 Å². The summed E-state index contributed by atoms with van der Waals surface area (Å²) in [5.41, 5.74) is 1.05. The predicted octanol–water partition coefficient (Wildman–Crippen LogP) is 1.62. The number of benzene rings is 1. The smallest absolute Gasteiger partial charge is 0.234 e. The van der Waals surface area contributed by atoms with E-state index in [1.165, 1.54) is 0 Å². The van der Waals surface area contributed by atoms with Gasteiger partial charge in [0.1, 0.15) is 0 Å². The maximum absolute atomic E-state index is 11.6. The van der Waals surface area contributed by atoms with Crippen molar-refractivity contribution in [3.63, 3.8) is 0 Å². The summed E-state index contributed by atoms with van der Waals surface area (Å²) in [6.45, 7) is 3.54. The quantitative estimate of drug-likeness (QED) is 0.714. The van der Waals surface area contributed by atoms with Crippen molar-refractivity contribution in [2.75, 3.05) is 26.8 Å². The number of ether oxygens (including phenoxy) is 1. The topological polar surface area (TPSA) is 50.4 Å². The number of methoxy groups -OCH3 is 1. The van der Waals surface area contributed by atoms with Crippen molar-refractivity contribution in [1.82, 2.24) is 10.6 Å². The number of carbonyl (C=O) groups excluding carboxylic acids is 1. The zero-order chi connectivity index (χ0) is 14.1. The molecule has 0 radical (unpaired) electrons. The Bertz CT molecular complexity index is 399. The molecule has 0 fully saturated rings. The Hall–Kier alpha value is -1.10. The van der Waals surface area contributed by atoms with Crippen molar-refractivity contribution in [3.8, 4) is 0 Å². The van der Waals surface area contributed by atoms with E-state index in [1.54, 1.807) is 7.11 Å². The summed E-state index contributed by atoms with van der Waals surface area (Å²) in [5, 5.41) is 6.67. The van der Waals surface area contributed by atoms with Crippen molar-refractivity contribution in [1.29, 1.82) is 0 Å². The van der Waals surface area contributed by atoms with E-state index in [4.69, 9.17) is 16.3 Å². The van der Waals surface area contributed by atoms with Gasteiger partial charge in [-0.2, -0.15) is 0 Å². The average Bonchev–Trinajstić information content (AvgIpc) is 2.37. The van der Waals surface area contributed by atoms with Gasteiger partial charge in [0.05, 0.1) is 13.2 Å². The molecule has 1 unspecified atom stereocenters. The number of amides is 1. The second kappa shape index (κ2) is 8.91. The third-order valence-corrected chi connectivity index (χ3v) is 3.03. The molecule has 5 heteroatoms. The SMILES string of the molecule is COCCNCC(=O)NC(C)Cc1ccccc1Cl. The number of carbonyl (C=O) groups is 1. The van der Waals surface area contributed by atoms with Crippen LogP contribution in [0, 0.1) is 0 Å². The van der Waals surface area contributed by atoms with Gasteiger partial charge in [-0.1, -0.05) is 29.8 Å². The normalized spacial score (nSPS) is 12.2. The first kappa shape index (κ1) is 16.0. The average molecular weight is 285 g/mol. The maximum Gasteiger partial charge on any atom is 0.234 e. The predicted molar refractivity (Wildman–Crippen MR) is 77.5 cm³/mol. The summed E-state index contributed by atoms with van der Waals surface area (Å²) in [5.74, 6) is -0.0179. The van der Waals surface area contributed by atoms with E-state index in [0.29, 0.717) is 19.7 Å². The number of nitrogens with one attached hydrogen (secondary N) is 2. The second-order valence-electron chi connectivity index (χ2n) is 4.43. The van der Waals surface area contributed by atoms with Crippen LogP contribution in [0.4, 0.5) is 0 Å². The molecule has 4 nitrogen and oxygen atoms in total. The van der Waals surface area contributed by atoms with Crippen LogP contribution in [0.1, 0.15) is 12.5 Å². The monoisotopic (exact) mass is 284 g/mol. The minimum atomic E-state index is -0.0179. The van der Waals surface area contributed by atoms with Crippen molar-refractivity contribution in [2.45, 2.75) is 19.4 Å². The van der Waals surface area contributed by atoms with Crippen LogP contribution in [0.3, 0.4) is 0 Å². The highest BCUT2D eigenvalue weighted by Gasteiger charge is 2.09. The minimum Gasteiger partial charge on any atom is -0.383 e. The summed E-state index contributed by atoms with van der Waals surface area (Å²) in [7, 11) is 1.63. The molecule has 0 saturated carbocycles. The fourth-order valence-corrected chi connectivity index (χ4v) is 1.96. The number of hydrogen-bond acceptors (Lipinski definition) is 3. The number of halogens is 1. The fraction of sp³-hybridized carbons (Fsp3) is 0.500. The zero-order valence-electron chi connectivity index (χ0n) is 11.4. The van der Waals surface area contributed by atoms with Gasteiger partial charge in [0.25, 0.3) is 0 Å². The number of hydrogen-bond donors (Lipinski definition) is 2. The molecule has 106 valence electrons. The Kier molecular flexibility index (Phi) is 7.48. The van der Waals surface area contributed by atoms with Gasteiger partial charge in [-0.3, -0.25) is 4.79 Å². The van der Waals surface area contributed by atoms with Crippen LogP contribution in [0.25, 0.3) is 0 Å². The molecule has 1 aromatic carbocycles. The molecule has 0 aliphatic rings. The Morgan fingerprint density at radius 1 is 1.42 bits per heavy atom. The van der Waals surface area contributed by atoms with Gasteiger partial charge in [0, 0.05) is 24.7 Å². The Morgan fingerprint density at radius 3 is 2.84 bits per heavy atom. The van der Waals surface area contributed by atoms with Gasteiger partial charge in [-0.15, -0.1) is 0 Å². The van der Waals surface area contributed by atoms with Crippen molar-refractivity contribution in [2.24, 2.45) is 0 Å². The lowest BCUT2D eigenvalue weighted by atomic mass is 10.1. The van der Waals surface area contributed by atoms with Crippen LogP contribution in [0.2, 0.25) is 5.02 Å². The highest BCUT2D eigenvalue weighted by Crippen LogP contribution is 2.16. The molecular formula is C14H21ClN2O2. The molecule has 0 heterocycles. The fourth-order valence-electron chi connectivity index (χ4n) is 1.75. The van der Waals surface area contributed by atoms with E-state index < -0.39 is 0 Å². The molecule has 0 aromatic heterocycles. The summed E-state index contributed by atoms with van der Waals surface area (Å²) in [6, 6.07) is 7.73. The van der Waals surface area contributed by atoms with E-state index in [0.717, 1.165) is 17.0 Å². The summed E-state index contributed by atoms with van der Waals surface area (Å²) in [4.78, 5) is 11.6. The molecule has 1 aromatic rings. The lowest BCUT2D eigenvalue weighted by Crippen LogP contribution is -2.40. The van der Waals surface area contributed by atoms with Crippen LogP contribution in [-0.2, 0) is 16.0 Å². The lowest BCUT2D eigenvalue weighted by molar-refractivity contribution is -0.120. The Balaban J connectivity index is 2.29. The largest absolute Gasteiger partial charge is 0.383 e. The third kappa shape index (κ3) is 6.57. The van der Waals surface area contributed by atoms with Crippen LogP contribution in [0.5, 0.6) is 0 Å². The first-order valence-corrected chi connectivity index (χ1v) is 6.73. The van der Waals surface area contributed by atoms with Gasteiger partial charge in [-0.05, 0) is 25.0 Å². The standard InChI is InChI=1S/C14H21ClN2O2/c1-11(9-12-5-3-4-6-13(12)15)17-14(18)10-16-7-8-19-2/h3-6,11,16H,7-10H2,1-2H3,(H,17,18). The molecule has 2 N–H and O–H groups in total. The Labute approximate surface area is 119 Å². The molecule has 0 saturated heterocycles. The molecule has 1 atom stereocenters. The van der Waals surface area contributed by atoms with E-state index in [-0.39, 0.29) is 11.9 Å². The molecule has 19 heavy (non-hydrogen) atoms. The minimum absolute atomic E-state index is 0.0179. The highest BCUT2D eigenvalue weighted by atomic mass is 35.5. The van der Waals surface area contributed by atoms with Gasteiger partial charge in [-0.25, -0.2) is 0 Å². The summed E-state index contributed by atoms with van der Waals surface area (Å²) in [6.07, 6.45) is 0.726. The molecule has 0 bridgehead atoms. The van der Waals surface area contributed by atoms with Crippen molar-refractivity contribution in [3.05, 3.63) is 34.9 Å². The molecule has 1 rings (SSSR count). The summed E-state index contributed by atoms with van der Waals surface area (Å²) < 4.78 is 4.89. The van der Waals surface area contributed by atoms with Gasteiger partial charge in [0.2, 0.25) is 5.91 Å². The van der Waals surface area contributed by atoms with Gasteiger partial charge < -0.3 is 15.4 Å². The third-order valence-electron chi connectivity index (χ3n) is 2.66. The van der Waals surface area contributed by atoms with Crippen LogP contribution in [-0.4, -0.2) is 38.8 Å². The first-order valence-electron chi connectivity index (χ1n) is 6.36. The molecule has 1 amide bonds. The zero-order valence-corrected chi connectivity index (χ0v) is 12.2. The van der Waals surface area contributed by atoms with Crippen LogP contribution in [0.15, 0.2) is 24.3 Å². The second-order valence-corrected chi connectivity index (χ2v) is 4.84. The van der Waals surface area contributed by atoms with Crippen LogP contribution >= 0.6 is 11.6 Å². The van der Waals surface area contributed by atoms with Crippen molar-refractivity contribution >= 4 is 17.5 Å². The molecule has 0 aliphatic carbocycles. The molecule has 0 spiro atoms. The number of rotatable bonds is 8. The van der Waals surface area contributed by atoms with E-state index in [1.807, 2.05) is 31.2 Å². The molecular weight excluding hydrogens is 264 g/mol. The first-order chi connectivity index (χ1) is 9.13. The van der Waals surface area contributed by atoms with E-state index >= 15 is 0 Å². The van der Waals surface area contributed by atoms with Crippen molar-refractivity contribution < 1.29 is 9.53 Å². The Morgan fingerprint density at radius 2 is 2.16 bits per heavy atom. The van der Waals surface area contributed by atoms with Gasteiger partial charge >= 0.3 is 0 Å².